The van der Waals surface area contributed by atoms with Crippen molar-refractivity contribution in [2.75, 3.05) is 34.9 Å². The van der Waals surface area contributed by atoms with E-state index in [0.717, 1.165) is 35.9 Å². The van der Waals surface area contributed by atoms with Gasteiger partial charge in [0.25, 0.3) is 0 Å². The molecule has 0 amide bonds. The van der Waals surface area contributed by atoms with Crippen LogP contribution in [-0.2, 0) is 12.0 Å². The summed E-state index contributed by atoms with van der Waals surface area (Å²) < 4.78 is 16.2. The Labute approximate surface area is 177 Å². The van der Waals surface area contributed by atoms with Gasteiger partial charge in [0.15, 0.2) is 17.5 Å². The van der Waals surface area contributed by atoms with Crippen LogP contribution in [-0.4, -0.2) is 40.9 Å². The Morgan fingerprint density at radius 2 is 1.72 bits per heavy atom. The van der Waals surface area contributed by atoms with Gasteiger partial charge in [-0.1, -0.05) is 23.7 Å². The largest absolute Gasteiger partial charge is 0.493 e. The Morgan fingerprint density at radius 3 is 2.24 bits per heavy atom. The summed E-state index contributed by atoms with van der Waals surface area (Å²) in [7, 11) is 6.58. The molecular formula is C22H28ClN3O3. The minimum atomic E-state index is 0.134. The minimum absolute atomic E-state index is 0.134. The van der Waals surface area contributed by atoms with Crippen molar-refractivity contribution in [2.45, 2.75) is 24.8 Å². The number of rotatable bonds is 8. The van der Waals surface area contributed by atoms with Crippen LogP contribution in [0.2, 0.25) is 5.02 Å². The highest BCUT2D eigenvalue weighted by Gasteiger charge is 2.44. The van der Waals surface area contributed by atoms with Crippen LogP contribution in [0.1, 0.15) is 24.0 Å². The summed E-state index contributed by atoms with van der Waals surface area (Å²) in [5.74, 6) is 2.58. The molecule has 2 aromatic carbocycles. The average Bonchev–Trinajstić information content (AvgIpc) is 3.54. The highest BCUT2D eigenvalue weighted by atomic mass is 35.5. The van der Waals surface area contributed by atoms with Crippen molar-refractivity contribution in [2.24, 2.45) is 4.99 Å². The van der Waals surface area contributed by atoms with Gasteiger partial charge < -0.3 is 24.8 Å². The summed E-state index contributed by atoms with van der Waals surface area (Å²) in [6, 6.07) is 12.0. The fourth-order valence-corrected chi connectivity index (χ4v) is 3.62. The number of ether oxygens (including phenoxy) is 3. The second kappa shape index (κ2) is 9.27. The quantitative estimate of drug-likeness (QED) is 0.505. The van der Waals surface area contributed by atoms with E-state index in [0.29, 0.717) is 23.8 Å². The molecule has 1 saturated carbocycles. The molecule has 0 bridgehead atoms. The predicted octanol–water partition coefficient (Wildman–Crippen LogP) is 3.76. The predicted molar refractivity (Wildman–Crippen MR) is 117 cm³/mol. The van der Waals surface area contributed by atoms with Gasteiger partial charge in [0.05, 0.1) is 21.3 Å². The highest BCUT2D eigenvalue weighted by Crippen LogP contribution is 2.48. The molecule has 0 spiro atoms. The zero-order valence-corrected chi connectivity index (χ0v) is 18.1. The summed E-state index contributed by atoms with van der Waals surface area (Å²) in [6.45, 7) is 1.38. The monoisotopic (exact) mass is 417 g/mol. The number of nitrogens with zero attached hydrogens (tertiary/aromatic N) is 1. The third-order valence-corrected chi connectivity index (χ3v) is 5.53. The fraction of sp³-hybridized carbons (Fsp3) is 0.409. The molecule has 1 aliphatic rings. The topological polar surface area (TPSA) is 64.1 Å². The molecule has 6 nitrogen and oxygen atoms in total. The molecule has 3 rings (SSSR count). The summed E-state index contributed by atoms with van der Waals surface area (Å²) in [6.07, 6.45) is 2.29. The van der Waals surface area contributed by atoms with Crippen LogP contribution >= 0.6 is 11.6 Å². The maximum atomic E-state index is 6.17. The molecule has 156 valence electrons. The van der Waals surface area contributed by atoms with E-state index in [-0.39, 0.29) is 5.41 Å². The molecule has 2 aromatic rings. The first-order chi connectivity index (χ1) is 14.0. The molecule has 1 fully saturated rings. The van der Waals surface area contributed by atoms with E-state index in [1.807, 2.05) is 24.3 Å². The lowest BCUT2D eigenvalue weighted by molar-refractivity contribution is 0.323. The van der Waals surface area contributed by atoms with Crippen molar-refractivity contribution in [3.05, 3.63) is 52.5 Å². The zero-order valence-electron chi connectivity index (χ0n) is 17.3. The van der Waals surface area contributed by atoms with Crippen molar-refractivity contribution in [3.63, 3.8) is 0 Å². The number of nitrogens with one attached hydrogen (secondary N) is 2. The van der Waals surface area contributed by atoms with Gasteiger partial charge in [-0.05, 0) is 48.2 Å². The first-order valence-electron chi connectivity index (χ1n) is 9.54. The van der Waals surface area contributed by atoms with Crippen LogP contribution in [0.5, 0.6) is 17.2 Å². The maximum Gasteiger partial charge on any atom is 0.203 e. The second-order valence-electron chi connectivity index (χ2n) is 7.10. The summed E-state index contributed by atoms with van der Waals surface area (Å²) in [5.41, 5.74) is 2.41. The normalized spacial score (nSPS) is 14.9. The van der Waals surface area contributed by atoms with Gasteiger partial charge >= 0.3 is 0 Å². The Bertz CT molecular complexity index is 856. The number of benzene rings is 2. The standard InChI is InChI=1S/C22H28ClN3O3/c1-24-21(26-14-22(8-9-22)16-6-5-7-17(23)12-16)25-13-15-10-18(27-2)20(29-4)19(11-15)28-3/h5-7,10-12H,8-9,13-14H2,1-4H3,(H2,24,25,26). The Kier molecular flexibility index (Phi) is 6.75. The van der Waals surface area contributed by atoms with Crippen LogP contribution in [0, 0.1) is 0 Å². The van der Waals surface area contributed by atoms with Crippen LogP contribution in [0.15, 0.2) is 41.4 Å². The molecule has 7 heteroatoms. The SMILES string of the molecule is CN=C(NCc1cc(OC)c(OC)c(OC)c1)NCC1(c2cccc(Cl)c2)CC1. The van der Waals surface area contributed by atoms with Gasteiger partial charge in [0.1, 0.15) is 0 Å². The first kappa shape index (κ1) is 21.1. The van der Waals surface area contributed by atoms with Crippen LogP contribution < -0.4 is 24.8 Å². The molecule has 0 heterocycles. The number of aliphatic imine (C=N–C) groups is 1. The van der Waals surface area contributed by atoms with E-state index in [4.69, 9.17) is 25.8 Å². The molecule has 0 aromatic heterocycles. The molecule has 0 aliphatic heterocycles. The Hall–Kier alpha value is -2.60. The second-order valence-corrected chi connectivity index (χ2v) is 7.54. The smallest absolute Gasteiger partial charge is 0.203 e. The van der Waals surface area contributed by atoms with E-state index < -0.39 is 0 Å². The summed E-state index contributed by atoms with van der Waals surface area (Å²) in [4.78, 5) is 4.35. The van der Waals surface area contributed by atoms with Gasteiger partial charge in [0.2, 0.25) is 5.75 Å². The third kappa shape index (κ3) is 4.88. The van der Waals surface area contributed by atoms with Crippen LogP contribution in [0.3, 0.4) is 0 Å². The lowest BCUT2D eigenvalue weighted by Crippen LogP contribution is -2.40. The fourth-order valence-electron chi connectivity index (χ4n) is 3.43. The van der Waals surface area contributed by atoms with Gasteiger partial charge in [-0.2, -0.15) is 0 Å². The number of halogens is 1. The lowest BCUT2D eigenvalue weighted by Gasteiger charge is -2.20. The van der Waals surface area contributed by atoms with Gasteiger partial charge in [0, 0.05) is 30.6 Å². The van der Waals surface area contributed by atoms with Gasteiger partial charge in [-0.3, -0.25) is 4.99 Å². The molecule has 0 unspecified atom stereocenters. The third-order valence-electron chi connectivity index (χ3n) is 5.29. The molecule has 0 saturated heterocycles. The highest BCUT2D eigenvalue weighted by molar-refractivity contribution is 6.30. The molecule has 1 aliphatic carbocycles. The maximum absolute atomic E-state index is 6.17. The van der Waals surface area contributed by atoms with E-state index in [2.05, 4.69) is 27.8 Å². The number of hydrogen-bond donors (Lipinski definition) is 2. The van der Waals surface area contributed by atoms with E-state index >= 15 is 0 Å². The van der Waals surface area contributed by atoms with Crippen molar-refractivity contribution in [1.29, 1.82) is 0 Å². The summed E-state index contributed by atoms with van der Waals surface area (Å²) in [5, 5.41) is 7.58. The minimum Gasteiger partial charge on any atom is -0.493 e. The molecule has 2 N–H and O–H groups in total. The molecule has 0 radical (unpaired) electrons. The average molecular weight is 418 g/mol. The molecule has 29 heavy (non-hydrogen) atoms. The first-order valence-corrected chi connectivity index (χ1v) is 9.92. The van der Waals surface area contributed by atoms with Crippen LogP contribution in [0.25, 0.3) is 0 Å². The van der Waals surface area contributed by atoms with E-state index in [1.165, 1.54) is 5.56 Å². The van der Waals surface area contributed by atoms with Crippen molar-refractivity contribution >= 4 is 17.6 Å². The lowest BCUT2D eigenvalue weighted by atomic mass is 9.96. The molecular weight excluding hydrogens is 390 g/mol. The van der Waals surface area contributed by atoms with Gasteiger partial charge in [-0.25, -0.2) is 0 Å². The van der Waals surface area contributed by atoms with Crippen molar-refractivity contribution < 1.29 is 14.2 Å². The zero-order chi connectivity index (χ0) is 20.9. The number of hydrogen-bond acceptors (Lipinski definition) is 4. The van der Waals surface area contributed by atoms with Crippen LogP contribution in [0.4, 0.5) is 0 Å². The van der Waals surface area contributed by atoms with E-state index in [1.54, 1.807) is 28.4 Å². The Morgan fingerprint density at radius 1 is 1.03 bits per heavy atom. The number of guanidine groups is 1. The van der Waals surface area contributed by atoms with E-state index in [9.17, 15) is 0 Å². The van der Waals surface area contributed by atoms with Crippen molar-refractivity contribution in [3.8, 4) is 17.2 Å². The Balaban J connectivity index is 1.63. The summed E-state index contributed by atoms with van der Waals surface area (Å²) >= 11 is 6.17. The van der Waals surface area contributed by atoms with Gasteiger partial charge in [-0.15, -0.1) is 0 Å². The molecule has 0 atom stereocenters. The number of methoxy groups -OCH3 is 3. The van der Waals surface area contributed by atoms with Crippen molar-refractivity contribution in [1.82, 2.24) is 10.6 Å².